The van der Waals surface area contributed by atoms with Crippen LogP contribution in [-0.2, 0) is 119 Å². The number of nitriles is 1. The molecule has 6 amide bonds. The molecule has 4 aromatic rings. The van der Waals surface area contributed by atoms with Crippen molar-refractivity contribution in [2.24, 2.45) is 22.6 Å². The third kappa shape index (κ3) is 31.3. The summed E-state index contributed by atoms with van der Waals surface area (Å²) < 4.78 is 33.7. The van der Waals surface area contributed by atoms with E-state index in [0.29, 0.717) is 69.0 Å². The Morgan fingerprint density at radius 2 is 1.03 bits per heavy atom. The number of amides is 6. The predicted molar refractivity (Wildman–Crippen MR) is 560 cm³/mol. The number of aliphatic imine (C=N–C) groups is 1. The largest absolute Gasteiger partial charge is 0.462 e. The first-order valence-electron chi connectivity index (χ1n) is 45.5. The van der Waals surface area contributed by atoms with Gasteiger partial charge in [-0.15, -0.1) is 20.3 Å². The van der Waals surface area contributed by atoms with E-state index < -0.39 is 33.5 Å². The van der Waals surface area contributed by atoms with Gasteiger partial charge in [0.25, 0.3) is 35.4 Å². The minimum atomic E-state index is -3.83. The van der Waals surface area contributed by atoms with E-state index in [-0.39, 0.29) is 108 Å². The number of guanidine groups is 1. The molecule has 29 nitrogen and oxygen atoms in total. The summed E-state index contributed by atoms with van der Waals surface area (Å²) in [4.78, 5) is 126. The van der Waals surface area contributed by atoms with Crippen molar-refractivity contribution in [2.45, 2.75) is 173 Å². The number of hydrogen-bond acceptors (Lipinski definition) is 30. The van der Waals surface area contributed by atoms with E-state index in [1.165, 1.54) is 125 Å². The van der Waals surface area contributed by atoms with E-state index >= 15 is 0 Å². The number of thiocarbonyl (C=S) groups is 4. The van der Waals surface area contributed by atoms with E-state index in [1.54, 1.807) is 54.6 Å². The van der Waals surface area contributed by atoms with Crippen molar-refractivity contribution in [3.05, 3.63) is 272 Å². The van der Waals surface area contributed by atoms with Crippen molar-refractivity contribution in [3.8, 4) is 6.07 Å². The maximum absolute atomic E-state index is 13.5. The normalized spacial score (nSPS) is 20.5. The van der Waals surface area contributed by atoms with Crippen LogP contribution in [0.25, 0.3) is 23.3 Å². The number of nitrogens with zero attached hydrogens (tertiary/aromatic N) is 10. The molecule has 0 atom stereocenters. The van der Waals surface area contributed by atoms with Gasteiger partial charge in [0.15, 0.2) is 13.0 Å². The average Bonchev–Trinajstić information content (AvgIpc) is 1.56. The van der Waals surface area contributed by atoms with Crippen LogP contribution in [0, 0.1) is 23.2 Å². The van der Waals surface area contributed by atoms with Gasteiger partial charge in [-0.25, -0.2) is 13.4 Å². The molecule has 8 fully saturated rings. The Bertz CT molecular complexity index is 5700. The maximum atomic E-state index is 13.5. The molecule has 4 saturated heterocycles. The minimum absolute atomic E-state index is 0. The molecule has 4 aromatic carbocycles. The van der Waals surface area contributed by atoms with Gasteiger partial charge in [-0.2, -0.15) is 5.26 Å². The molecule has 16 rings (SSSR count). The summed E-state index contributed by atoms with van der Waals surface area (Å²) in [6, 6.07) is 32.1. The average molecular weight is 2180 g/mol. The molecular formula is C101H116FeN12O17RuS8. The van der Waals surface area contributed by atoms with Crippen LogP contribution in [0.5, 0.6) is 0 Å². The summed E-state index contributed by atoms with van der Waals surface area (Å²) in [5.41, 5.74) is 13.6. The standard InChI is InChI=1S/C27H32N4O3S.C23H22N2O4S2.C19H16N4O4S.2C11H13NO3S2.2C5H10.Fe.Ru/c1-4-6-16-31(17-7-5-2)20-14-12-19(13-15-20)18-23-24(25-26(32)30(3)27(28)29-25)21-10-8-9-11-22(21)35(23,33)34;1-5-27-29-25-22(26)21(31-23(25)30)18-14-16(2)28-20(15-18)9-7-6-8-17-10-12-19(13-11-17)24(3)4;1-4-26-27-23-15(28)9-13(19(23)25)17-14(10-20)16(18(24)21-17)11-5-7-12(8-6-11)22(2)3;2*1-2-14-15-12-10(13)9(17-11(12)16)7-8-5-3-4-6-8;2*1-2-4-5-3-1;;/h8-15,18H,4-7,16-17H2,1-3H3,(H2,28,29);5-15H,1H2,2-4H3;4-8H,1,9H2,2-3H3,(H,21,24);2*2,7-8H,1,3-6H2;2*1-5H2;;/b23-18?,25-24-;8-6+,9-7+,21-18+;17-13+;2*9-7+;;;;. The van der Waals surface area contributed by atoms with Gasteiger partial charge < -0.3 is 50.0 Å². The first-order chi connectivity index (χ1) is 66.5. The van der Waals surface area contributed by atoms with Crippen molar-refractivity contribution in [1.29, 1.82) is 5.26 Å². The molecule has 140 heavy (non-hydrogen) atoms. The maximum Gasteiger partial charge on any atom is 0.294 e. The fourth-order valence-corrected chi connectivity index (χ4v) is 21.2. The van der Waals surface area contributed by atoms with Crippen LogP contribution in [-0.4, -0.2) is 141 Å². The molecule has 39 heteroatoms. The monoisotopic (exact) mass is 2180 g/mol. The number of allylic oxidation sites excluding steroid dienone is 11. The summed E-state index contributed by atoms with van der Waals surface area (Å²) in [6.45, 7) is 21.5. The van der Waals surface area contributed by atoms with Crippen molar-refractivity contribution in [3.63, 3.8) is 0 Å². The third-order valence-corrected chi connectivity index (χ3v) is 28.9. The quantitative estimate of drug-likeness (QED) is 0.0101. The Kier molecular flexibility index (Phi) is 47.2. The van der Waals surface area contributed by atoms with Crippen LogP contribution < -0.4 is 25.8 Å². The zero-order chi connectivity index (χ0) is 99.5. The summed E-state index contributed by atoms with van der Waals surface area (Å²) in [5.74, 6) is -0.119. The summed E-state index contributed by atoms with van der Waals surface area (Å²) in [6.07, 6.45) is 50.2. The summed E-state index contributed by atoms with van der Waals surface area (Å²) in [5, 5.41) is 15.9. The van der Waals surface area contributed by atoms with Crippen LogP contribution in [0.1, 0.15) is 191 Å². The molecule has 4 saturated carbocycles. The van der Waals surface area contributed by atoms with E-state index in [4.69, 9.17) is 79.3 Å². The summed E-state index contributed by atoms with van der Waals surface area (Å²) >= 11 is 24.0. The van der Waals surface area contributed by atoms with Crippen molar-refractivity contribution in [1.82, 2.24) is 30.5 Å². The Morgan fingerprint density at radius 3 is 1.49 bits per heavy atom. The zero-order valence-corrected chi connectivity index (χ0v) is 88.7. The fraction of sp³-hybridized carbons (Fsp3) is 0.347. The molecule has 746 valence electrons. The molecule has 0 bridgehead atoms. The number of sulfone groups is 1. The van der Waals surface area contributed by atoms with Crippen molar-refractivity contribution < 1.29 is 118 Å². The van der Waals surface area contributed by atoms with E-state index in [0.717, 1.165) is 150 Å². The third-order valence-electron chi connectivity index (χ3n) is 22.8. The molecule has 0 aromatic heterocycles. The number of ether oxygens (including phenoxy) is 1. The van der Waals surface area contributed by atoms with Gasteiger partial charge >= 0.3 is 0 Å². The SMILES string of the molecule is C1CCCC1.C1CCCC1.C=COON1C(=O)/C(=C2/C=C(C)OC(/C=C/C=C/c3ccc(N(C)C)cc3)=C2)SC1=S.C=COON1C(=O)/C(=C2/NC(=O)C(c3ccc(N(C)C)cc3)=C2C#N)CC1=S.C=COON1C(=O)/C(=C\C2CCCC2)SC1=S.C=COON1C(=O)/C(=C\C2CCCC2)SC1=S.CCCCN(CCCC)c1ccc(C=C2/C(=C3\N=C(N)N(C)C3=O)c3ccccc3S2(=O)=O)cc1.[Fe].[Ru]. The minimum Gasteiger partial charge on any atom is -0.462 e. The number of benzene rings is 4. The first kappa shape index (κ1) is 115. The van der Waals surface area contributed by atoms with Crippen LogP contribution in [0.3, 0.4) is 0 Å². The van der Waals surface area contributed by atoms with Gasteiger partial charge in [0.2, 0.25) is 15.8 Å². The fourth-order valence-electron chi connectivity index (χ4n) is 15.6. The van der Waals surface area contributed by atoms with Gasteiger partial charge in [-0.3, -0.25) is 33.7 Å². The number of hydrogen-bond donors (Lipinski definition) is 2. The van der Waals surface area contributed by atoms with Crippen LogP contribution >= 0.6 is 84.2 Å². The van der Waals surface area contributed by atoms with Crippen molar-refractivity contribution >= 4 is 194 Å². The van der Waals surface area contributed by atoms with Crippen LogP contribution in [0.2, 0.25) is 0 Å². The second-order valence-corrected chi connectivity index (χ2v) is 40.3. The second kappa shape index (κ2) is 57.6. The number of carbonyl (C=O) groups excluding carboxylic acids is 6. The predicted octanol–water partition coefficient (Wildman–Crippen LogP) is 21.4. The zero-order valence-electron chi connectivity index (χ0n) is 79.4. The first-order valence-corrected chi connectivity index (χ1v) is 51.0. The Hall–Kier alpha value is -10.5. The molecule has 0 unspecified atom stereocenters. The number of likely N-dealkylation sites (N-methyl/N-ethyl adjacent to an activating group) is 1. The van der Waals surface area contributed by atoms with E-state index in [2.05, 4.69) is 104 Å². The van der Waals surface area contributed by atoms with Crippen LogP contribution in [0.4, 0.5) is 17.1 Å². The summed E-state index contributed by atoms with van der Waals surface area (Å²) in [7, 11) is 5.52. The molecule has 0 spiro atoms. The molecule has 8 heterocycles. The smallest absolute Gasteiger partial charge is 0.294 e. The number of anilines is 3. The molecule has 0 radical (unpaired) electrons. The number of unbranched alkanes of at least 4 members (excludes halogenated alkanes) is 2. The topological polar surface area (TPSA) is 320 Å². The molecule has 3 N–H and O–H groups in total. The van der Waals surface area contributed by atoms with Gasteiger partial charge in [-0.1, -0.05) is 295 Å². The number of carbonyl (C=O) groups is 6. The molecule has 8 aliphatic heterocycles. The van der Waals surface area contributed by atoms with E-state index in [1.807, 2.05) is 119 Å². The molecular weight excluding hydrogens is 2070 g/mol. The van der Waals surface area contributed by atoms with E-state index in [9.17, 15) is 42.4 Å². The number of thioether (sulfide) groups is 3. The Labute approximate surface area is 877 Å². The number of rotatable bonds is 28. The van der Waals surface area contributed by atoms with Crippen LogP contribution in [0.15, 0.2) is 260 Å². The van der Waals surface area contributed by atoms with Gasteiger partial charge in [0.05, 0.1) is 46.9 Å². The Balaban J connectivity index is 0.000000212. The number of nitrogens with two attached hydrogens (primary N) is 1. The Morgan fingerprint density at radius 1 is 0.579 bits per heavy atom. The van der Waals surface area contributed by atoms with Crippen molar-refractivity contribution in [2.75, 3.05) is 63.0 Å². The molecule has 4 aliphatic carbocycles. The molecule has 12 aliphatic rings. The number of nitrogens with one attached hydrogen (secondary N) is 1. The van der Waals surface area contributed by atoms with Gasteiger partial charge in [0, 0.05) is 125 Å². The van der Waals surface area contributed by atoms with Gasteiger partial charge in [-0.05, 0) is 177 Å². The van der Waals surface area contributed by atoms with Gasteiger partial charge in [0.1, 0.15) is 53.3 Å². The number of fused-ring (bicyclic) bond motifs is 1. The number of hydroxylamine groups is 8. The second-order valence-electron chi connectivity index (χ2n) is 33.0.